The summed E-state index contributed by atoms with van der Waals surface area (Å²) in [5.41, 5.74) is 0. The summed E-state index contributed by atoms with van der Waals surface area (Å²) in [6.07, 6.45) is 0. The Morgan fingerprint density at radius 3 is 2.53 bits per heavy atom. The van der Waals surface area contributed by atoms with Crippen LogP contribution in [0.5, 0.6) is 0 Å². The third-order valence-corrected chi connectivity index (χ3v) is 5.82. The summed E-state index contributed by atoms with van der Waals surface area (Å²) >= 11 is 6.83. The molecule has 0 aliphatic carbocycles. The summed E-state index contributed by atoms with van der Waals surface area (Å²) in [6, 6.07) is 3.17. The average Bonchev–Trinajstić information content (AvgIpc) is 2.67. The highest BCUT2D eigenvalue weighted by Crippen LogP contribution is 2.28. The van der Waals surface area contributed by atoms with Crippen molar-refractivity contribution in [2.45, 2.75) is 4.21 Å². The van der Waals surface area contributed by atoms with Gasteiger partial charge in [0.25, 0.3) is 10.0 Å². The lowest BCUT2D eigenvalue weighted by molar-refractivity contribution is 0.361. The molecule has 0 bridgehead atoms. The number of hydrogen-bond acceptors (Lipinski definition) is 4. The van der Waals surface area contributed by atoms with E-state index in [1.165, 1.54) is 4.31 Å². The Morgan fingerprint density at radius 1 is 1.33 bits per heavy atom. The summed E-state index contributed by atoms with van der Waals surface area (Å²) in [4.78, 5) is 0. The second kappa shape index (κ2) is 4.39. The van der Waals surface area contributed by atoms with Gasteiger partial charge < -0.3 is 5.32 Å². The van der Waals surface area contributed by atoms with E-state index in [9.17, 15) is 8.42 Å². The Balaban J connectivity index is 2.26. The molecule has 1 fully saturated rings. The van der Waals surface area contributed by atoms with Crippen LogP contribution in [0.2, 0.25) is 4.34 Å². The van der Waals surface area contributed by atoms with E-state index in [1.807, 2.05) is 0 Å². The van der Waals surface area contributed by atoms with Crippen LogP contribution in [0.1, 0.15) is 0 Å². The third-order valence-electron chi connectivity index (χ3n) is 2.22. The largest absolute Gasteiger partial charge is 0.314 e. The minimum atomic E-state index is -3.31. The standard InChI is InChI=1S/C8H11ClN2O2S2/c9-7-1-2-8(14-7)15(12,13)11-5-3-10-4-6-11/h1-2,10H,3-6H2. The minimum absolute atomic E-state index is 0.328. The van der Waals surface area contributed by atoms with E-state index in [1.54, 1.807) is 12.1 Å². The number of thiophene rings is 1. The summed E-state index contributed by atoms with van der Waals surface area (Å²) < 4.78 is 26.4. The predicted molar refractivity (Wildman–Crippen MR) is 61.0 cm³/mol. The first-order valence-corrected chi connectivity index (χ1v) is 7.20. The monoisotopic (exact) mass is 266 g/mol. The predicted octanol–water partition coefficient (Wildman–Crippen LogP) is 0.995. The number of piperazine rings is 1. The fraction of sp³-hybridized carbons (Fsp3) is 0.500. The second-order valence-electron chi connectivity index (χ2n) is 3.21. The van der Waals surface area contributed by atoms with E-state index in [2.05, 4.69) is 5.32 Å². The van der Waals surface area contributed by atoms with Crippen LogP contribution in [0.25, 0.3) is 0 Å². The fourth-order valence-electron chi connectivity index (χ4n) is 1.45. The van der Waals surface area contributed by atoms with Gasteiger partial charge in [0.05, 0.1) is 4.34 Å². The van der Waals surface area contributed by atoms with Gasteiger partial charge >= 0.3 is 0 Å². The molecule has 0 spiro atoms. The number of hydrogen-bond donors (Lipinski definition) is 1. The number of nitrogens with one attached hydrogen (secondary N) is 1. The SMILES string of the molecule is O=S(=O)(c1ccc(Cl)s1)N1CCNCC1. The Morgan fingerprint density at radius 2 is 2.00 bits per heavy atom. The maximum atomic E-state index is 12.1. The molecule has 1 aliphatic rings. The summed E-state index contributed by atoms with van der Waals surface area (Å²) in [6.45, 7) is 2.46. The van der Waals surface area contributed by atoms with Crippen LogP contribution in [0.4, 0.5) is 0 Å². The van der Waals surface area contributed by atoms with Crippen molar-refractivity contribution in [1.82, 2.24) is 9.62 Å². The van der Waals surface area contributed by atoms with Crippen molar-refractivity contribution in [1.29, 1.82) is 0 Å². The van der Waals surface area contributed by atoms with Crippen molar-refractivity contribution >= 4 is 33.0 Å². The van der Waals surface area contributed by atoms with Gasteiger partial charge in [-0.3, -0.25) is 0 Å². The molecule has 0 amide bonds. The van der Waals surface area contributed by atoms with Gasteiger partial charge in [-0.1, -0.05) is 11.6 Å². The highest BCUT2D eigenvalue weighted by molar-refractivity contribution is 7.91. The second-order valence-corrected chi connectivity index (χ2v) is 7.09. The zero-order chi connectivity index (χ0) is 10.9. The minimum Gasteiger partial charge on any atom is -0.314 e. The van der Waals surface area contributed by atoms with Crippen LogP contribution < -0.4 is 5.32 Å². The van der Waals surface area contributed by atoms with Gasteiger partial charge in [0.1, 0.15) is 4.21 Å². The smallest absolute Gasteiger partial charge is 0.252 e. The lowest BCUT2D eigenvalue weighted by Crippen LogP contribution is -2.46. The Labute approximate surface area is 97.9 Å². The van der Waals surface area contributed by atoms with Crippen LogP contribution in [0.15, 0.2) is 16.3 Å². The molecule has 2 rings (SSSR count). The van der Waals surface area contributed by atoms with Crippen LogP contribution in [0, 0.1) is 0 Å². The maximum Gasteiger partial charge on any atom is 0.252 e. The number of rotatable bonds is 2. The zero-order valence-electron chi connectivity index (χ0n) is 7.94. The lowest BCUT2D eigenvalue weighted by Gasteiger charge is -2.25. The molecule has 1 aliphatic heterocycles. The van der Waals surface area contributed by atoms with Gasteiger partial charge in [-0.25, -0.2) is 8.42 Å². The molecule has 4 nitrogen and oxygen atoms in total. The first kappa shape index (κ1) is 11.3. The van der Waals surface area contributed by atoms with E-state index in [0.29, 0.717) is 34.7 Å². The van der Waals surface area contributed by atoms with Crippen molar-refractivity contribution in [3.8, 4) is 0 Å². The normalized spacial score (nSPS) is 19.3. The molecular formula is C8H11ClN2O2S2. The molecule has 7 heteroatoms. The van der Waals surface area contributed by atoms with Crippen molar-refractivity contribution in [2.24, 2.45) is 0 Å². The molecule has 0 unspecified atom stereocenters. The molecule has 1 aromatic heterocycles. The van der Waals surface area contributed by atoms with Crippen LogP contribution in [0.3, 0.4) is 0 Å². The average molecular weight is 267 g/mol. The molecule has 15 heavy (non-hydrogen) atoms. The van der Waals surface area contributed by atoms with E-state index in [0.717, 1.165) is 11.3 Å². The van der Waals surface area contributed by atoms with Crippen molar-refractivity contribution in [3.05, 3.63) is 16.5 Å². The fourth-order valence-corrected chi connectivity index (χ4v) is 4.53. The maximum absolute atomic E-state index is 12.1. The number of halogens is 1. The molecule has 0 atom stereocenters. The Kier molecular flexibility index (Phi) is 3.32. The van der Waals surface area contributed by atoms with Crippen LogP contribution >= 0.6 is 22.9 Å². The number of sulfonamides is 1. The first-order chi connectivity index (χ1) is 7.10. The molecule has 2 heterocycles. The molecule has 1 N–H and O–H groups in total. The van der Waals surface area contributed by atoms with Gasteiger partial charge in [0, 0.05) is 26.2 Å². The van der Waals surface area contributed by atoms with Crippen molar-refractivity contribution in [2.75, 3.05) is 26.2 Å². The zero-order valence-corrected chi connectivity index (χ0v) is 10.3. The molecule has 0 saturated carbocycles. The van der Waals surface area contributed by atoms with Crippen LogP contribution in [-0.4, -0.2) is 38.9 Å². The van der Waals surface area contributed by atoms with Gasteiger partial charge in [-0.2, -0.15) is 4.31 Å². The molecule has 1 saturated heterocycles. The van der Waals surface area contributed by atoms with E-state index in [-0.39, 0.29) is 0 Å². The summed E-state index contributed by atoms with van der Waals surface area (Å²) in [5, 5.41) is 3.11. The van der Waals surface area contributed by atoms with E-state index < -0.39 is 10.0 Å². The highest BCUT2D eigenvalue weighted by atomic mass is 35.5. The molecular weight excluding hydrogens is 256 g/mol. The third kappa shape index (κ3) is 2.34. The summed E-state index contributed by atoms with van der Waals surface area (Å²) in [5.74, 6) is 0. The topological polar surface area (TPSA) is 49.4 Å². The van der Waals surface area contributed by atoms with E-state index in [4.69, 9.17) is 11.6 Å². The van der Waals surface area contributed by atoms with Crippen LogP contribution in [-0.2, 0) is 10.0 Å². The van der Waals surface area contributed by atoms with Crippen molar-refractivity contribution in [3.63, 3.8) is 0 Å². The highest BCUT2D eigenvalue weighted by Gasteiger charge is 2.26. The Hall–Kier alpha value is -0.140. The Bertz CT molecular complexity index is 437. The van der Waals surface area contributed by atoms with Gasteiger partial charge in [0.15, 0.2) is 0 Å². The molecule has 1 aromatic rings. The van der Waals surface area contributed by atoms with Gasteiger partial charge in [-0.15, -0.1) is 11.3 Å². The molecule has 0 aromatic carbocycles. The molecule has 84 valence electrons. The quantitative estimate of drug-likeness (QED) is 0.869. The number of nitrogens with zero attached hydrogens (tertiary/aromatic N) is 1. The summed E-state index contributed by atoms with van der Waals surface area (Å²) in [7, 11) is -3.31. The lowest BCUT2D eigenvalue weighted by atomic mass is 10.4. The van der Waals surface area contributed by atoms with Crippen molar-refractivity contribution < 1.29 is 8.42 Å². The first-order valence-electron chi connectivity index (χ1n) is 4.57. The van der Waals surface area contributed by atoms with Gasteiger partial charge in [0.2, 0.25) is 0 Å². The van der Waals surface area contributed by atoms with E-state index >= 15 is 0 Å². The van der Waals surface area contributed by atoms with Gasteiger partial charge in [-0.05, 0) is 12.1 Å². The molecule has 0 radical (unpaired) electrons.